The normalized spacial score (nSPS) is 23.4. The van der Waals surface area contributed by atoms with E-state index in [0.29, 0.717) is 18.9 Å². The molecule has 0 aromatic carbocycles. The van der Waals surface area contributed by atoms with Gasteiger partial charge in [0.2, 0.25) is 11.7 Å². The molecule has 1 spiro atoms. The van der Waals surface area contributed by atoms with Crippen molar-refractivity contribution in [3.05, 3.63) is 11.8 Å². The monoisotopic (exact) mass is 225 g/mol. The first-order valence-corrected chi connectivity index (χ1v) is 5.34. The van der Waals surface area contributed by atoms with Crippen LogP contribution in [0, 0.1) is 0 Å². The van der Waals surface area contributed by atoms with Gasteiger partial charge in [0, 0.05) is 19.9 Å². The molecule has 1 saturated heterocycles. The molecule has 5 nitrogen and oxygen atoms in total. The average molecular weight is 225 g/mol. The predicted octanol–water partition coefficient (Wildman–Crippen LogP) is 0.455. The van der Waals surface area contributed by atoms with Crippen LogP contribution < -0.4 is 0 Å². The third kappa shape index (κ3) is 1.88. The Balaban J connectivity index is 2.27. The number of rotatable bonds is 1. The number of allylic oxidation sites excluding steroid dienone is 1. The van der Waals surface area contributed by atoms with Crippen LogP contribution in [-0.4, -0.2) is 42.1 Å². The Kier molecular flexibility index (Phi) is 2.82. The Hall–Kier alpha value is -1.20. The van der Waals surface area contributed by atoms with Crippen LogP contribution in [-0.2, 0) is 19.1 Å². The molecule has 0 aliphatic carbocycles. The molecule has 2 aliphatic rings. The number of carbonyl (C=O) groups excluding carboxylic acids is 2. The summed E-state index contributed by atoms with van der Waals surface area (Å²) in [6.45, 7) is 4.32. The van der Waals surface area contributed by atoms with E-state index in [1.165, 1.54) is 18.7 Å². The lowest BCUT2D eigenvalue weighted by atomic mass is 10.2. The van der Waals surface area contributed by atoms with Crippen molar-refractivity contribution in [1.29, 1.82) is 0 Å². The second-order valence-electron chi connectivity index (χ2n) is 4.05. The van der Waals surface area contributed by atoms with Gasteiger partial charge in [-0.15, -0.1) is 0 Å². The molecule has 0 N–H and O–H groups in total. The zero-order chi connectivity index (χ0) is 11.8. The van der Waals surface area contributed by atoms with E-state index in [1.807, 2.05) is 0 Å². The minimum absolute atomic E-state index is 0.148. The van der Waals surface area contributed by atoms with Crippen molar-refractivity contribution in [3.63, 3.8) is 0 Å². The van der Waals surface area contributed by atoms with Crippen molar-refractivity contribution in [1.82, 2.24) is 4.90 Å². The molecule has 2 aliphatic heterocycles. The molecule has 0 atom stereocenters. The molecule has 0 saturated carbocycles. The van der Waals surface area contributed by atoms with E-state index < -0.39 is 5.79 Å². The molecule has 0 aromatic heterocycles. The third-order valence-corrected chi connectivity index (χ3v) is 2.75. The van der Waals surface area contributed by atoms with Gasteiger partial charge in [0.05, 0.1) is 25.5 Å². The fraction of sp³-hybridized carbons (Fsp3) is 0.636. The SMILES string of the molecule is CC(=O)C1=CC2(CN1C(C)=O)OCCCO2. The highest BCUT2D eigenvalue weighted by Gasteiger charge is 2.43. The Bertz CT molecular complexity index is 355. The van der Waals surface area contributed by atoms with Gasteiger partial charge in [-0.05, 0) is 6.42 Å². The summed E-state index contributed by atoms with van der Waals surface area (Å²) in [7, 11) is 0. The number of carbonyl (C=O) groups is 2. The van der Waals surface area contributed by atoms with E-state index in [0.717, 1.165) is 6.42 Å². The quantitative estimate of drug-likeness (QED) is 0.650. The second-order valence-corrected chi connectivity index (χ2v) is 4.05. The van der Waals surface area contributed by atoms with E-state index in [1.54, 1.807) is 6.08 Å². The van der Waals surface area contributed by atoms with E-state index >= 15 is 0 Å². The summed E-state index contributed by atoms with van der Waals surface area (Å²) in [4.78, 5) is 24.2. The molecule has 1 amide bonds. The smallest absolute Gasteiger partial charge is 0.224 e. The maximum atomic E-state index is 11.4. The lowest BCUT2D eigenvalue weighted by Crippen LogP contribution is -2.44. The summed E-state index contributed by atoms with van der Waals surface area (Å²) in [6.07, 6.45) is 2.46. The Labute approximate surface area is 94.0 Å². The van der Waals surface area contributed by atoms with E-state index in [2.05, 4.69) is 0 Å². The molecule has 1 fully saturated rings. The summed E-state index contributed by atoms with van der Waals surface area (Å²) in [5.74, 6) is -1.22. The molecule has 0 unspecified atom stereocenters. The van der Waals surface area contributed by atoms with Gasteiger partial charge in [0.15, 0.2) is 5.78 Å². The number of amides is 1. The first-order valence-electron chi connectivity index (χ1n) is 5.34. The lowest BCUT2D eigenvalue weighted by molar-refractivity contribution is -0.234. The van der Waals surface area contributed by atoms with Gasteiger partial charge in [-0.3, -0.25) is 9.59 Å². The van der Waals surface area contributed by atoms with Crippen LogP contribution in [0.1, 0.15) is 20.3 Å². The Morgan fingerprint density at radius 3 is 2.38 bits per heavy atom. The lowest BCUT2D eigenvalue weighted by Gasteiger charge is -2.32. The van der Waals surface area contributed by atoms with E-state index in [-0.39, 0.29) is 18.2 Å². The number of ketones is 1. The summed E-state index contributed by atoms with van der Waals surface area (Å²) < 4.78 is 11.1. The molecule has 16 heavy (non-hydrogen) atoms. The van der Waals surface area contributed by atoms with Crippen molar-refractivity contribution in [2.45, 2.75) is 26.1 Å². The van der Waals surface area contributed by atoms with Crippen LogP contribution in [0.25, 0.3) is 0 Å². The van der Waals surface area contributed by atoms with Crippen molar-refractivity contribution < 1.29 is 19.1 Å². The molecule has 2 rings (SSSR count). The summed E-state index contributed by atoms with van der Waals surface area (Å²) >= 11 is 0. The largest absolute Gasteiger partial charge is 0.345 e. The van der Waals surface area contributed by atoms with Crippen LogP contribution >= 0.6 is 0 Å². The Morgan fingerprint density at radius 2 is 1.94 bits per heavy atom. The number of hydrogen-bond acceptors (Lipinski definition) is 4. The maximum absolute atomic E-state index is 11.4. The fourth-order valence-corrected chi connectivity index (χ4v) is 1.98. The van der Waals surface area contributed by atoms with Gasteiger partial charge in [-0.1, -0.05) is 0 Å². The number of nitrogens with zero attached hydrogens (tertiary/aromatic N) is 1. The van der Waals surface area contributed by atoms with Gasteiger partial charge in [-0.2, -0.15) is 0 Å². The summed E-state index contributed by atoms with van der Waals surface area (Å²) in [5.41, 5.74) is 0.370. The highest BCUT2D eigenvalue weighted by molar-refractivity contribution is 5.97. The first-order chi connectivity index (χ1) is 7.54. The first kappa shape index (κ1) is 11.3. The minimum atomic E-state index is -0.898. The molecule has 0 bridgehead atoms. The molecule has 2 heterocycles. The van der Waals surface area contributed by atoms with Crippen molar-refractivity contribution in [2.75, 3.05) is 19.8 Å². The van der Waals surface area contributed by atoms with Crippen LogP contribution in [0.2, 0.25) is 0 Å². The predicted molar refractivity (Wildman–Crippen MR) is 55.4 cm³/mol. The van der Waals surface area contributed by atoms with Gasteiger partial charge in [-0.25, -0.2) is 0 Å². The van der Waals surface area contributed by atoms with Gasteiger partial charge in [0.1, 0.15) is 0 Å². The zero-order valence-corrected chi connectivity index (χ0v) is 9.49. The fourth-order valence-electron chi connectivity index (χ4n) is 1.98. The molecule has 0 radical (unpaired) electrons. The standard InChI is InChI=1S/C11H15NO4/c1-8(13)10-6-11(7-12(10)9(2)14)15-4-3-5-16-11/h6H,3-5,7H2,1-2H3. The summed E-state index contributed by atoms with van der Waals surface area (Å²) in [5, 5.41) is 0. The van der Waals surface area contributed by atoms with Crippen LogP contribution in [0.4, 0.5) is 0 Å². The molecular formula is C11H15NO4. The number of hydrogen-bond donors (Lipinski definition) is 0. The topological polar surface area (TPSA) is 55.8 Å². The Morgan fingerprint density at radius 1 is 1.31 bits per heavy atom. The van der Waals surface area contributed by atoms with Crippen LogP contribution in [0.3, 0.4) is 0 Å². The van der Waals surface area contributed by atoms with Crippen molar-refractivity contribution in [3.8, 4) is 0 Å². The molecule has 88 valence electrons. The van der Waals surface area contributed by atoms with Gasteiger partial charge >= 0.3 is 0 Å². The van der Waals surface area contributed by atoms with Crippen molar-refractivity contribution >= 4 is 11.7 Å². The van der Waals surface area contributed by atoms with Gasteiger partial charge in [0.25, 0.3) is 0 Å². The average Bonchev–Trinajstić information content (AvgIpc) is 2.59. The van der Waals surface area contributed by atoms with E-state index in [9.17, 15) is 9.59 Å². The number of Topliss-reactive ketones (excluding diaryl/α,β-unsaturated/α-hetero) is 1. The highest BCUT2D eigenvalue weighted by atomic mass is 16.7. The third-order valence-electron chi connectivity index (χ3n) is 2.75. The van der Waals surface area contributed by atoms with Crippen LogP contribution in [0.5, 0.6) is 0 Å². The van der Waals surface area contributed by atoms with Gasteiger partial charge < -0.3 is 14.4 Å². The summed E-state index contributed by atoms with van der Waals surface area (Å²) in [6, 6.07) is 0. The van der Waals surface area contributed by atoms with Crippen molar-refractivity contribution in [2.24, 2.45) is 0 Å². The molecular weight excluding hydrogens is 210 g/mol. The zero-order valence-electron chi connectivity index (χ0n) is 9.49. The number of ether oxygens (including phenoxy) is 2. The minimum Gasteiger partial charge on any atom is -0.345 e. The van der Waals surface area contributed by atoms with E-state index in [4.69, 9.17) is 9.47 Å². The highest BCUT2D eigenvalue weighted by Crippen LogP contribution is 2.31. The maximum Gasteiger partial charge on any atom is 0.224 e. The molecule has 5 heteroatoms. The second kappa shape index (κ2) is 3.99. The van der Waals surface area contributed by atoms with Crippen LogP contribution in [0.15, 0.2) is 11.8 Å². The molecule has 0 aromatic rings.